The second kappa shape index (κ2) is 8.72. The summed E-state index contributed by atoms with van der Waals surface area (Å²) in [6.45, 7) is 0. The molecule has 0 radical (unpaired) electrons. The van der Waals surface area contributed by atoms with Crippen molar-refractivity contribution in [1.82, 2.24) is 0 Å². The summed E-state index contributed by atoms with van der Waals surface area (Å²) in [7, 11) is 0.771. The van der Waals surface area contributed by atoms with Crippen LogP contribution in [0.4, 0.5) is 74.6 Å². The summed E-state index contributed by atoms with van der Waals surface area (Å²) in [6, 6.07) is 0. The summed E-state index contributed by atoms with van der Waals surface area (Å²) in [4.78, 5) is 0. The Bertz CT molecular complexity index is 668. The molecule has 0 aromatic carbocycles. The molecule has 0 fully saturated rings. The maximum absolute atomic E-state index is 14.0. The minimum atomic E-state index is -8.69. The molecular weight excluding hydrogens is 527 g/mol. The second-order valence-electron chi connectivity index (χ2n) is 6.06. The zero-order valence-electron chi connectivity index (χ0n) is 15.8. The molecule has 0 aromatic rings. The highest BCUT2D eigenvalue weighted by molar-refractivity contribution is 5.16. The molecule has 0 saturated carbocycles. The van der Waals surface area contributed by atoms with E-state index in [1.54, 1.807) is 0 Å². The Kier molecular flexibility index (Phi) is 8.38. The molecule has 3 nitrogen and oxygen atoms in total. The molecule has 20 heteroatoms. The van der Waals surface area contributed by atoms with Gasteiger partial charge in [0.25, 0.3) is 0 Å². The van der Waals surface area contributed by atoms with Crippen LogP contribution in [0.15, 0.2) is 0 Å². The van der Waals surface area contributed by atoms with Gasteiger partial charge in [0.15, 0.2) is 12.4 Å². The number of halogens is 17. The molecule has 0 aliphatic carbocycles. The van der Waals surface area contributed by atoms with E-state index in [9.17, 15) is 74.6 Å². The quantitative estimate of drug-likeness (QED) is 0.252. The van der Waals surface area contributed by atoms with Gasteiger partial charge in [-0.25, -0.2) is 0 Å². The Morgan fingerprint density at radius 2 is 0.667 bits per heavy atom. The van der Waals surface area contributed by atoms with Crippen LogP contribution in [0.25, 0.3) is 0 Å². The number of hydrogen-bond acceptors (Lipinski definition) is 3. The van der Waals surface area contributed by atoms with Crippen LogP contribution in [-0.4, -0.2) is 81.4 Å². The Labute approximate surface area is 171 Å². The van der Waals surface area contributed by atoms with Crippen molar-refractivity contribution in [3.05, 3.63) is 0 Å². The van der Waals surface area contributed by atoms with Gasteiger partial charge in [0.2, 0.25) is 0 Å². The zero-order valence-corrected chi connectivity index (χ0v) is 15.8. The number of rotatable bonds is 11. The molecule has 33 heavy (non-hydrogen) atoms. The Morgan fingerprint density at radius 1 is 0.394 bits per heavy atom. The van der Waals surface area contributed by atoms with Gasteiger partial charge in [-0.1, -0.05) is 0 Å². The predicted octanol–water partition coefficient (Wildman–Crippen LogP) is 5.63. The first-order chi connectivity index (χ1) is 14.2. The first-order valence-corrected chi connectivity index (χ1v) is 7.52. The highest BCUT2D eigenvalue weighted by Crippen LogP contribution is 2.64. The molecule has 0 heterocycles. The van der Waals surface area contributed by atoms with Crippen molar-refractivity contribution in [3.63, 3.8) is 0 Å². The van der Waals surface area contributed by atoms with Gasteiger partial charge in [-0.3, -0.25) is 0 Å². The molecule has 0 bridgehead atoms. The summed E-state index contributed by atoms with van der Waals surface area (Å²) >= 11 is 0. The number of alkyl halides is 17. The molecule has 0 amide bonds. The summed E-state index contributed by atoms with van der Waals surface area (Å²) in [5.41, 5.74) is 0. The standard InChI is InChI=1S/C13H11F17O3/c1-31-4(5(32-2)33-3)6(14,15)7(16,17)8(18,19)9(20,21)10(22,23)11(24,25)12(26,27)13(28,29)30/h4-5H,1-3H3. The van der Waals surface area contributed by atoms with Crippen molar-refractivity contribution in [2.75, 3.05) is 21.3 Å². The second-order valence-corrected chi connectivity index (χ2v) is 6.06. The SMILES string of the molecule is COC(OC)C(OC)C(F)(F)C(F)(F)C(F)(F)C(F)(F)C(F)(F)C(F)(F)C(F)(F)C(F)(F)F. The molecule has 0 aliphatic rings. The molecular formula is C13H11F17O3. The molecule has 0 aromatic heterocycles. The van der Waals surface area contributed by atoms with Gasteiger partial charge in [-0.2, -0.15) is 74.6 Å². The summed E-state index contributed by atoms with van der Waals surface area (Å²) in [6.07, 6.45) is -14.5. The summed E-state index contributed by atoms with van der Waals surface area (Å²) in [5.74, 6) is -57.2. The third-order valence-corrected chi connectivity index (χ3v) is 4.07. The Morgan fingerprint density at radius 3 is 0.909 bits per heavy atom. The van der Waals surface area contributed by atoms with Crippen molar-refractivity contribution in [2.45, 2.75) is 60.0 Å². The Hall–Kier alpha value is -1.31. The van der Waals surface area contributed by atoms with E-state index in [1.807, 2.05) is 0 Å². The zero-order chi connectivity index (χ0) is 27.3. The minimum absolute atomic E-state index is 0.0304. The van der Waals surface area contributed by atoms with Crippen LogP contribution in [0.5, 0.6) is 0 Å². The van der Waals surface area contributed by atoms with Crippen LogP contribution in [0.2, 0.25) is 0 Å². The van der Waals surface area contributed by atoms with Crippen LogP contribution in [-0.2, 0) is 14.2 Å². The first-order valence-electron chi connectivity index (χ1n) is 7.52. The lowest BCUT2D eigenvalue weighted by Crippen LogP contribution is -2.75. The molecule has 0 N–H and O–H groups in total. The van der Waals surface area contributed by atoms with E-state index in [2.05, 4.69) is 14.2 Å². The number of methoxy groups -OCH3 is 3. The van der Waals surface area contributed by atoms with Crippen LogP contribution in [0.3, 0.4) is 0 Å². The van der Waals surface area contributed by atoms with Gasteiger partial charge in [0.05, 0.1) is 0 Å². The van der Waals surface area contributed by atoms with Gasteiger partial charge in [0, 0.05) is 21.3 Å². The predicted molar refractivity (Wildman–Crippen MR) is 69.3 cm³/mol. The highest BCUT2D eigenvalue weighted by Gasteiger charge is 2.95. The number of ether oxygens (including phenoxy) is 3. The smallest absolute Gasteiger partial charge is 0.370 e. The van der Waals surface area contributed by atoms with Crippen LogP contribution in [0.1, 0.15) is 0 Å². The van der Waals surface area contributed by atoms with E-state index in [4.69, 9.17) is 0 Å². The van der Waals surface area contributed by atoms with Crippen LogP contribution in [0, 0.1) is 0 Å². The molecule has 200 valence electrons. The van der Waals surface area contributed by atoms with E-state index in [0.717, 1.165) is 0 Å². The Balaban J connectivity index is 6.88. The molecule has 0 saturated heterocycles. The minimum Gasteiger partial charge on any atom is -0.370 e. The molecule has 0 spiro atoms. The lowest BCUT2D eigenvalue weighted by molar-refractivity contribution is -0.466. The van der Waals surface area contributed by atoms with E-state index in [-0.39, 0.29) is 7.11 Å². The summed E-state index contributed by atoms with van der Waals surface area (Å²) < 4.78 is 236. The van der Waals surface area contributed by atoms with E-state index in [0.29, 0.717) is 14.2 Å². The van der Waals surface area contributed by atoms with E-state index < -0.39 is 60.0 Å². The third-order valence-electron chi connectivity index (χ3n) is 4.07. The molecule has 0 aliphatic heterocycles. The van der Waals surface area contributed by atoms with Crippen molar-refractivity contribution in [1.29, 1.82) is 0 Å². The summed E-state index contributed by atoms with van der Waals surface area (Å²) in [5, 5.41) is 0. The number of hydrogen-bond donors (Lipinski definition) is 0. The lowest BCUT2D eigenvalue weighted by Gasteiger charge is -2.44. The van der Waals surface area contributed by atoms with Crippen molar-refractivity contribution in [2.24, 2.45) is 0 Å². The first kappa shape index (κ1) is 31.7. The lowest BCUT2D eigenvalue weighted by atomic mass is 9.87. The topological polar surface area (TPSA) is 27.7 Å². The van der Waals surface area contributed by atoms with Gasteiger partial charge in [0.1, 0.15) is 0 Å². The average Bonchev–Trinajstić information content (AvgIpc) is 2.63. The average molecular weight is 538 g/mol. The van der Waals surface area contributed by atoms with Gasteiger partial charge in [-0.05, 0) is 0 Å². The molecule has 0 rings (SSSR count). The fourth-order valence-electron chi connectivity index (χ4n) is 2.13. The van der Waals surface area contributed by atoms with Gasteiger partial charge in [-0.15, -0.1) is 0 Å². The maximum atomic E-state index is 14.0. The van der Waals surface area contributed by atoms with Crippen LogP contribution < -0.4 is 0 Å². The van der Waals surface area contributed by atoms with Crippen molar-refractivity contribution < 1.29 is 88.8 Å². The maximum Gasteiger partial charge on any atom is 0.460 e. The van der Waals surface area contributed by atoms with Crippen LogP contribution >= 0.6 is 0 Å². The van der Waals surface area contributed by atoms with E-state index >= 15 is 0 Å². The van der Waals surface area contributed by atoms with Gasteiger partial charge >= 0.3 is 47.6 Å². The van der Waals surface area contributed by atoms with Crippen molar-refractivity contribution in [3.8, 4) is 0 Å². The monoisotopic (exact) mass is 538 g/mol. The van der Waals surface area contributed by atoms with Crippen molar-refractivity contribution >= 4 is 0 Å². The fourth-order valence-corrected chi connectivity index (χ4v) is 2.13. The molecule has 1 atom stereocenters. The van der Waals surface area contributed by atoms with Gasteiger partial charge < -0.3 is 14.2 Å². The third kappa shape index (κ3) is 4.19. The largest absolute Gasteiger partial charge is 0.460 e. The fraction of sp³-hybridized carbons (Fsp3) is 1.00. The molecule has 1 unspecified atom stereocenters. The normalized spacial score (nSPS) is 17.0. The highest BCUT2D eigenvalue weighted by atomic mass is 19.4. The van der Waals surface area contributed by atoms with E-state index in [1.165, 1.54) is 0 Å².